The molecule has 3 atom stereocenters. The Balaban J connectivity index is 1.74. The van der Waals surface area contributed by atoms with Crippen LogP contribution in [-0.4, -0.2) is 32.8 Å². The van der Waals surface area contributed by atoms with Gasteiger partial charge in [0.05, 0.1) is 18.4 Å². The third kappa shape index (κ3) is 4.94. The van der Waals surface area contributed by atoms with Crippen LogP contribution in [0.3, 0.4) is 0 Å². The number of nitrogens with zero attached hydrogens (tertiary/aromatic N) is 3. The molecule has 0 radical (unpaired) electrons. The van der Waals surface area contributed by atoms with E-state index < -0.39 is 0 Å². The summed E-state index contributed by atoms with van der Waals surface area (Å²) in [6.45, 7) is 3.66. The van der Waals surface area contributed by atoms with Gasteiger partial charge in [0, 0.05) is 90.4 Å². The van der Waals surface area contributed by atoms with Gasteiger partial charge in [-0.2, -0.15) is 0 Å². The maximum Gasteiger partial charge on any atom is 0.1000 e. The molecule has 0 amide bonds. The van der Waals surface area contributed by atoms with Crippen molar-refractivity contribution in [2.75, 3.05) is 13.2 Å². The van der Waals surface area contributed by atoms with E-state index in [1.54, 1.807) is 18.2 Å². The molecule has 4 rings (SSSR count). The average Bonchev–Trinajstić information content (AvgIpc) is 2.78. The van der Waals surface area contributed by atoms with Crippen LogP contribution in [0.1, 0.15) is 43.0 Å². The fraction of sp³-hybridized carbons (Fsp3) is 0.381. The van der Waals surface area contributed by atoms with E-state index in [0.717, 1.165) is 30.2 Å². The van der Waals surface area contributed by atoms with Crippen molar-refractivity contribution in [2.45, 2.75) is 37.9 Å². The predicted octanol–water partition coefficient (Wildman–Crippen LogP) is 7.58. The molecule has 1 fully saturated rings. The first-order chi connectivity index (χ1) is 14.7. The number of hydrogen-bond donors (Lipinski definition) is 0. The molecule has 0 N–H and O–H groups in total. The maximum absolute atomic E-state index is 6.34. The molecule has 1 aromatic heterocycles. The third-order valence-electron chi connectivity index (χ3n) is 5.69. The molecule has 2 aromatic rings. The van der Waals surface area contributed by atoms with Crippen molar-refractivity contribution in [3.8, 4) is 0 Å². The summed E-state index contributed by atoms with van der Waals surface area (Å²) in [5, 5.41) is 0.792. The third-order valence-corrected chi connectivity index (χ3v) is 10.0. The van der Waals surface area contributed by atoms with E-state index in [9.17, 15) is 0 Å². The molecule has 0 spiro atoms. The second-order valence-electron chi connectivity index (χ2n) is 7.28. The molecular weight excluding hydrogens is 664 g/mol. The van der Waals surface area contributed by atoms with Crippen LogP contribution in [0.4, 0.5) is 0 Å². The van der Waals surface area contributed by atoms with Crippen molar-refractivity contribution in [1.82, 2.24) is 13.6 Å². The van der Waals surface area contributed by atoms with Gasteiger partial charge < -0.3 is 4.74 Å². The van der Waals surface area contributed by atoms with Crippen LogP contribution in [-0.2, 0) is 4.74 Å². The average molecular weight is 686 g/mol. The van der Waals surface area contributed by atoms with Crippen LogP contribution in [0, 0.1) is 0 Å². The van der Waals surface area contributed by atoms with E-state index in [1.165, 1.54) is 16.7 Å². The van der Waals surface area contributed by atoms with Gasteiger partial charge in [-0.05, 0) is 67.0 Å². The molecule has 1 aromatic carbocycles. The van der Waals surface area contributed by atoms with Crippen LogP contribution < -0.4 is 0 Å². The Hall–Kier alpha value is 0.280. The lowest BCUT2D eigenvalue weighted by Crippen LogP contribution is -2.47. The molecule has 0 aliphatic carbocycles. The molecule has 2 aliphatic heterocycles. The Labute approximate surface area is 216 Å². The summed E-state index contributed by atoms with van der Waals surface area (Å²) >= 11 is 11.2. The van der Waals surface area contributed by atoms with Gasteiger partial charge in [0.1, 0.15) is 0 Å². The fourth-order valence-electron chi connectivity index (χ4n) is 4.36. The molecule has 2 unspecified atom stereocenters. The first kappa shape index (κ1) is 23.4. The van der Waals surface area contributed by atoms with E-state index in [1.807, 2.05) is 18.5 Å². The highest BCUT2D eigenvalue weighted by Gasteiger charge is 2.44. The zero-order valence-corrected chi connectivity index (χ0v) is 23.1. The molecule has 2 aliphatic rings. The van der Waals surface area contributed by atoms with Crippen LogP contribution in [0.2, 0.25) is 5.02 Å². The number of pyridine rings is 1. The summed E-state index contributed by atoms with van der Waals surface area (Å²) in [6, 6.07) is 13.4. The van der Waals surface area contributed by atoms with Crippen LogP contribution in [0.15, 0.2) is 60.1 Å². The summed E-state index contributed by atoms with van der Waals surface area (Å²) in [6.07, 6.45) is 5.66. The highest BCUT2D eigenvalue weighted by molar-refractivity contribution is 14.2. The van der Waals surface area contributed by atoms with E-state index in [2.05, 4.69) is 93.3 Å². The van der Waals surface area contributed by atoms with Crippen molar-refractivity contribution in [3.63, 3.8) is 0 Å². The van der Waals surface area contributed by atoms with Crippen molar-refractivity contribution in [3.05, 3.63) is 76.3 Å². The first-order valence-corrected chi connectivity index (χ1v) is 16.8. The minimum absolute atomic E-state index is 0.268. The van der Waals surface area contributed by atoms with Gasteiger partial charge in [-0.15, -0.1) is 0 Å². The largest absolute Gasteiger partial charge is 0.498 e. The number of halogens is 3. The smallest absolute Gasteiger partial charge is 0.1000 e. The maximum atomic E-state index is 6.34. The summed E-state index contributed by atoms with van der Waals surface area (Å²) in [5.74, 6) is 1.16. The lowest BCUT2D eigenvalue weighted by Gasteiger charge is -2.48. The second-order valence-corrected chi connectivity index (χ2v) is 11.2. The van der Waals surface area contributed by atoms with Crippen LogP contribution in [0.25, 0.3) is 0 Å². The first-order valence-electron chi connectivity index (χ1n) is 9.78. The van der Waals surface area contributed by atoms with Gasteiger partial charge in [0.25, 0.3) is 0 Å². The molecule has 4 nitrogen and oxygen atoms in total. The Morgan fingerprint density at radius 3 is 2.57 bits per heavy atom. The molecule has 160 valence electrons. The summed E-state index contributed by atoms with van der Waals surface area (Å²) in [5.41, 5.74) is 3.97. The van der Waals surface area contributed by atoms with Gasteiger partial charge in [-0.25, -0.2) is 8.61 Å². The van der Waals surface area contributed by atoms with Crippen molar-refractivity contribution in [2.24, 2.45) is 0 Å². The highest BCUT2D eigenvalue weighted by Crippen LogP contribution is 2.51. The number of ether oxygens (including phenoxy) is 1. The zero-order chi connectivity index (χ0) is 21.1. The van der Waals surface area contributed by atoms with Crippen LogP contribution >= 0.6 is 72.3 Å². The molecule has 30 heavy (non-hydrogen) atoms. The quantitative estimate of drug-likeness (QED) is 0.230. The number of hydrogen-bond acceptors (Lipinski definition) is 6. The summed E-state index contributed by atoms with van der Waals surface area (Å²) in [4.78, 5) is 4.22. The Bertz CT molecular complexity index is 905. The number of fused-ring (bicyclic) bond motifs is 1. The SMILES string of the molecule is CCOC1=C2CN(SI)[C@H](c3cccc(Cl)c3)CC2N(SI)C(c2ccncc2)C1. The Kier molecular flexibility index (Phi) is 8.54. The molecule has 3 heterocycles. The molecule has 9 heteroatoms. The van der Waals surface area contributed by atoms with Gasteiger partial charge >= 0.3 is 0 Å². The predicted molar refractivity (Wildman–Crippen MR) is 145 cm³/mol. The van der Waals surface area contributed by atoms with E-state index in [0.29, 0.717) is 18.7 Å². The standard InChI is InChI=1S/C21H22ClI2N3OS2/c1-2-28-21-12-19(14-6-8-25-9-7-14)27(30-24)20-11-18(26(29-23)13-17(20)21)15-4-3-5-16(22)10-15/h3-10,18-20H,2,11-13H2,1H3/t18-,19?,20?/m0/s1. The summed E-state index contributed by atoms with van der Waals surface area (Å²) < 4.78 is 11.2. The lowest BCUT2D eigenvalue weighted by atomic mass is 9.84. The van der Waals surface area contributed by atoms with Gasteiger partial charge in [0.2, 0.25) is 0 Å². The van der Waals surface area contributed by atoms with E-state index >= 15 is 0 Å². The lowest BCUT2D eigenvalue weighted by molar-refractivity contribution is 0.129. The van der Waals surface area contributed by atoms with E-state index in [4.69, 9.17) is 16.3 Å². The van der Waals surface area contributed by atoms with Gasteiger partial charge in [0.15, 0.2) is 0 Å². The number of rotatable bonds is 6. The summed E-state index contributed by atoms with van der Waals surface area (Å²) in [7, 11) is 3.58. The Morgan fingerprint density at radius 1 is 1.10 bits per heavy atom. The molecular formula is C21H22ClI2N3OS2. The topological polar surface area (TPSA) is 28.6 Å². The minimum atomic E-state index is 0.268. The minimum Gasteiger partial charge on any atom is -0.498 e. The number of piperidine rings is 1. The van der Waals surface area contributed by atoms with Gasteiger partial charge in [-0.1, -0.05) is 23.7 Å². The Morgan fingerprint density at radius 2 is 1.90 bits per heavy atom. The monoisotopic (exact) mass is 685 g/mol. The normalized spacial score (nSPS) is 25.3. The highest BCUT2D eigenvalue weighted by atomic mass is 127. The van der Waals surface area contributed by atoms with Crippen molar-refractivity contribution in [1.29, 1.82) is 0 Å². The van der Waals surface area contributed by atoms with Crippen LogP contribution in [0.5, 0.6) is 0 Å². The molecule has 0 saturated carbocycles. The zero-order valence-electron chi connectivity index (χ0n) is 16.4. The van der Waals surface area contributed by atoms with Crippen molar-refractivity contribution < 1.29 is 4.74 Å². The van der Waals surface area contributed by atoms with E-state index in [-0.39, 0.29) is 6.04 Å². The van der Waals surface area contributed by atoms with Crippen molar-refractivity contribution >= 4 is 72.3 Å². The second kappa shape index (κ2) is 10.9. The van der Waals surface area contributed by atoms with Gasteiger partial charge in [-0.3, -0.25) is 4.98 Å². The number of aromatic nitrogens is 1. The number of benzene rings is 1. The molecule has 0 bridgehead atoms. The molecule has 1 saturated heterocycles. The fourth-order valence-corrected chi connectivity index (χ4v) is 8.54.